The number of aromatic nitrogens is 1. The zero-order valence-electron chi connectivity index (χ0n) is 17.5. The number of benzene rings is 1. The highest BCUT2D eigenvalue weighted by atomic mass is 35.5. The third-order valence-electron chi connectivity index (χ3n) is 5.52. The Balaban J connectivity index is 1.48. The van der Waals surface area contributed by atoms with Crippen molar-refractivity contribution in [2.45, 2.75) is 37.9 Å². The maximum atomic E-state index is 12.9. The van der Waals surface area contributed by atoms with Crippen molar-refractivity contribution >= 4 is 29.0 Å². The van der Waals surface area contributed by atoms with Gasteiger partial charge in [0.25, 0.3) is 5.91 Å². The lowest BCUT2D eigenvalue weighted by Gasteiger charge is -2.29. The molecule has 168 valence electrons. The van der Waals surface area contributed by atoms with Gasteiger partial charge in [-0.25, -0.2) is 4.98 Å². The number of nitrogens with zero attached hydrogens (tertiary/aromatic N) is 2. The van der Waals surface area contributed by atoms with Gasteiger partial charge in [0.15, 0.2) is 0 Å². The van der Waals surface area contributed by atoms with E-state index in [2.05, 4.69) is 15.6 Å². The van der Waals surface area contributed by atoms with Gasteiger partial charge in [0.05, 0.1) is 28.0 Å². The smallest absolute Gasteiger partial charge is 0.384 e. The zero-order valence-corrected chi connectivity index (χ0v) is 18.2. The summed E-state index contributed by atoms with van der Waals surface area (Å²) in [5.41, 5.74) is -0.0703. The highest BCUT2D eigenvalue weighted by Gasteiger charge is 2.32. The second-order valence-corrected chi connectivity index (χ2v) is 8.47. The molecule has 0 spiro atoms. The molecule has 1 aliphatic carbocycles. The lowest BCUT2D eigenvalue weighted by molar-refractivity contribution is -0.137. The Morgan fingerprint density at radius 3 is 2.45 bits per heavy atom. The van der Waals surface area contributed by atoms with Crippen LogP contribution in [0.4, 0.5) is 24.7 Å². The van der Waals surface area contributed by atoms with Crippen LogP contribution in [0.5, 0.6) is 0 Å². The normalized spacial score (nSPS) is 19.0. The van der Waals surface area contributed by atoms with Crippen molar-refractivity contribution in [3.63, 3.8) is 0 Å². The average molecular weight is 455 g/mol. The SMILES string of the molecule is CN(C)c1ccc(NC[C@H]2CC[C@H](NC(=O)c3cc(C(F)(F)F)ccc3Cl)CC2)cn1. The van der Waals surface area contributed by atoms with Crippen LogP contribution >= 0.6 is 11.6 Å². The van der Waals surface area contributed by atoms with E-state index in [9.17, 15) is 18.0 Å². The van der Waals surface area contributed by atoms with E-state index in [-0.39, 0.29) is 16.6 Å². The second kappa shape index (κ2) is 9.77. The predicted octanol–water partition coefficient (Wildman–Crippen LogP) is 5.22. The summed E-state index contributed by atoms with van der Waals surface area (Å²) >= 11 is 5.96. The molecule has 0 unspecified atom stereocenters. The fourth-order valence-electron chi connectivity index (χ4n) is 3.67. The predicted molar refractivity (Wildman–Crippen MR) is 117 cm³/mol. The van der Waals surface area contributed by atoms with Crippen LogP contribution in [-0.4, -0.2) is 37.6 Å². The molecule has 1 heterocycles. The van der Waals surface area contributed by atoms with Gasteiger partial charge in [-0.1, -0.05) is 11.6 Å². The first-order chi connectivity index (χ1) is 14.6. The molecular weight excluding hydrogens is 429 g/mol. The van der Waals surface area contributed by atoms with Crippen LogP contribution in [0.15, 0.2) is 36.5 Å². The minimum Gasteiger partial charge on any atom is -0.384 e. The van der Waals surface area contributed by atoms with Crippen molar-refractivity contribution in [1.82, 2.24) is 10.3 Å². The van der Waals surface area contributed by atoms with Gasteiger partial charge in [-0.05, 0) is 61.9 Å². The number of alkyl halides is 3. The molecule has 1 saturated carbocycles. The van der Waals surface area contributed by atoms with Crippen LogP contribution in [0.25, 0.3) is 0 Å². The van der Waals surface area contributed by atoms with Crippen molar-refractivity contribution in [1.29, 1.82) is 0 Å². The Kier molecular flexibility index (Phi) is 7.30. The van der Waals surface area contributed by atoms with Gasteiger partial charge >= 0.3 is 6.18 Å². The number of halogens is 4. The zero-order chi connectivity index (χ0) is 22.6. The third kappa shape index (κ3) is 6.26. The number of hydrogen-bond donors (Lipinski definition) is 2. The van der Waals surface area contributed by atoms with Gasteiger partial charge in [0, 0.05) is 26.7 Å². The van der Waals surface area contributed by atoms with E-state index in [4.69, 9.17) is 11.6 Å². The Labute approximate surface area is 185 Å². The maximum Gasteiger partial charge on any atom is 0.416 e. The molecule has 0 aliphatic heterocycles. The molecule has 2 aromatic rings. The number of carbonyl (C=O) groups excluding carboxylic acids is 1. The van der Waals surface area contributed by atoms with Crippen LogP contribution < -0.4 is 15.5 Å². The number of pyridine rings is 1. The minimum atomic E-state index is -4.52. The fourth-order valence-corrected chi connectivity index (χ4v) is 3.87. The quantitative estimate of drug-likeness (QED) is 0.628. The fraction of sp³-hybridized carbons (Fsp3) is 0.455. The van der Waals surface area contributed by atoms with Crippen LogP contribution in [0.3, 0.4) is 0 Å². The molecule has 1 aromatic carbocycles. The van der Waals surface area contributed by atoms with E-state index in [1.165, 1.54) is 0 Å². The molecule has 31 heavy (non-hydrogen) atoms. The van der Waals surface area contributed by atoms with Crippen LogP contribution in [-0.2, 0) is 6.18 Å². The first-order valence-electron chi connectivity index (χ1n) is 10.2. The number of hydrogen-bond acceptors (Lipinski definition) is 4. The monoisotopic (exact) mass is 454 g/mol. The summed E-state index contributed by atoms with van der Waals surface area (Å²) in [6, 6.07) is 6.67. The molecule has 0 saturated heterocycles. The Hall–Kier alpha value is -2.48. The van der Waals surface area contributed by atoms with Crippen molar-refractivity contribution in [2.75, 3.05) is 30.9 Å². The lowest BCUT2D eigenvalue weighted by atomic mass is 9.86. The number of anilines is 2. The van der Waals surface area contributed by atoms with E-state index >= 15 is 0 Å². The molecule has 1 amide bonds. The Bertz CT molecular complexity index is 895. The van der Waals surface area contributed by atoms with Crippen LogP contribution in [0, 0.1) is 5.92 Å². The van der Waals surface area contributed by atoms with Crippen LogP contribution in [0.2, 0.25) is 5.02 Å². The van der Waals surface area contributed by atoms with Crippen molar-refractivity contribution in [2.24, 2.45) is 5.92 Å². The largest absolute Gasteiger partial charge is 0.416 e. The number of amides is 1. The Morgan fingerprint density at radius 2 is 1.87 bits per heavy atom. The molecule has 1 aliphatic rings. The molecular formula is C22H26ClF3N4O. The summed E-state index contributed by atoms with van der Waals surface area (Å²) < 4.78 is 38.8. The second-order valence-electron chi connectivity index (χ2n) is 8.06. The molecule has 9 heteroatoms. The molecule has 0 radical (unpaired) electrons. The van der Waals surface area contributed by atoms with E-state index in [1.807, 2.05) is 31.1 Å². The summed E-state index contributed by atoms with van der Waals surface area (Å²) in [4.78, 5) is 18.8. The topological polar surface area (TPSA) is 57.3 Å². The summed E-state index contributed by atoms with van der Waals surface area (Å²) in [7, 11) is 3.88. The number of nitrogens with one attached hydrogen (secondary N) is 2. The van der Waals surface area contributed by atoms with Crippen LogP contribution in [0.1, 0.15) is 41.6 Å². The standard InChI is InChI=1S/C22H26ClF3N4O/c1-30(2)20-10-8-17(13-28-20)27-12-14-3-6-16(7-4-14)29-21(31)18-11-15(22(24,25)26)5-9-19(18)23/h5,8-11,13-14,16,27H,3-4,6-7,12H2,1-2H3,(H,29,31)/t14-,16-. The Morgan fingerprint density at radius 1 is 1.16 bits per heavy atom. The van der Waals surface area contributed by atoms with E-state index in [0.29, 0.717) is 5.92 Å². The highest BCUT2D eigenvalue weighted by Crippen LogP contribution is 2.32. The molecule has 1 fully saturated rings. The lowest BCUT2D eigenvalue weighted by Crippen LogP contribution is -2.38. The minimum absolute atomic E-state index is 0.0114. The van der Waals surface area contributed by atoms with Crippen molar-refractivity contribution in [3.05, 3.63) is 52.7 Å². The van der Waals surface area contributed by atoms with Gasteiger partial charge in [0.1, 0.15) is 5.82 Å². The van der Waals surface area contributed by atoms with E-state index < -0.39 is 17.6 Å². The van der Waals surface area contributed by atoms with Gasteiger partial charge in [0.2, 0.25) is 0 Å². The highest BCUT2D eigenvalue weighted by molar-refractivity contribution is 6.33. The molecule has 5 nitrogen and oxygen atoms in total. The summed E-state index contributed by atoms with van der Waals surface area (Å²) in [6.07, 6.45) is 0.654. The molecule has 1 aromatic heterocycles. The summed E-state index contributed by atoms with van der Waals surface area (Å²) in [5.74, 6) is 0.784. The number of rotatable bonds is 6. The van der Waals surface area contributed by atoms with Gasteiger partial charge in [-0.15, -0.1) is 0 Å². The van der Waals surface area contributed by atoms with Crippen molar-refractivity contribution in [3.8, 4) is 0 Å². The molecule has 0 atom stereocenters. The molecule has 2 N–H and O–H groups in total. The third-order valence-corrected chi connectivity index (χ3v) is 5.85. The van der Waals surface area contributed by atoms with E-state index in [1.54, 1.807) is 6.20 Å². The van der Waals surface area contributed by atoms with E-state index in [0.717, 1.165) is 61.9 Å². The summed E-state index contributed by atoms with van der Waals surface area (Å²) in [6.45, 7) is 0.809. The van der Waals surface area contributed by atoms with Crippen molar-refractivity contribution < 1.29 is 18.0 Å². The average Bonchev–Trinajstić information content (AvgIpc) is 2.73. The maximum absolute atomic E-state index is 12.9. The molecule has 3 rings (SSSR count). The van der Waals surface area contributed by atoms with Gasteiger partial charge in [-0.3, -0.25) is 4.79 Å². The number of carbonyl (C=O) groups is 1. The first-order valence-corrected chi connectivity index (χ1v) is 10.6. The van der Waals surface area contributed by atoms with Gasteiger partial charge < -0.3 is 15.5 Å². The first kappa shape index (κ1) is 23.2. The van der Waals surface area contributed by atoms with Gasteiger partial charge in [-0.2, -0.15) is 13.2 Å². The summed E-state index contributed by atoms with van der Waals surface area (Å²) in [5, 5.41) is 6.25. The molecule has 0 bridgehead atoms.